The van der Waals surface area contributed by atoms with Crippen molar-refractivity contribution in [3.8, 4) is 0 Å². The van der Waals surface area contributed by atoms with E-state index in [-0.39, 0.29) is 0 Å². The fourth-order valence-electron chi connectivity index (χ4n) is 2.30. The van der Waals surface area contributed by atoms with Crippen LogP contribution >= 0.6 is 0 Å². The van der Waals surface area contributed by atoms with Crippen LogP contribution in [0.25, 0.3) is 0 Å². The molecule has 0 aromatic rings. The Labute approximate surface area is 97.4 Å². The van der Waals surface area contributed by atoms with Gasteiger partial charge in [0.25, 0.3) is 0 Å². The van der Waals surface area contributed by atoms with Crippen molar-refractivity contribution in [2.75, 3.05) is 59.0 Å². The molecule has 0 spiro atoms. The van der Waals surface area contributed by atoms with Crippen LogP contribution in [0.1, 0.15) is 6.92 Å². The van der Waals surface area contributed by atoms with E-state index in [1.165, 1.54) is 0 Å². The third-order valence-corrected chi connectivity index (χ3v) is 3.41. The number of hydrogen-bond donors (Lipinski definition) is 1. The zero-order valence-electron chi connectivity index (χ0n) is 10.1. The number of piperazine rings is 1. The number of rotatable bonds is 3. The summed E-state index contributed by atoms with van der Waals surface area (Å²) in [6, 6.07) is 0. The SMILES string of the molecule is CCN1CCN(CC(=O)N2CCNCC2)C1. The van der Waals surface area contributed by atoms with Gasteiger partial charge in [-0.1, -0.05) is 6.92 Å². The van der Waals surface area contributed by atoms with Crippen LogP contribution in [0, 0.1) is 0 Å². The highest BCUT2D eigenvalue weighted by Gasteiger charge is 2.23. The summed E-state index contributed by atoms with van der Waals surface area (Å²) >= 11 is 0. The van der Waals surface area contributed by atoms with E-state index in [1.807, 2.05) is 4.90 Å². The van der Waals surface area contributed by atoms with Gasteiger partial charge < -0.3 is 10.2 Å². The van der Waals surface area contributed by atoms with Crippen LogP contribution in [0.4, 0.5) is 0 Å². The smallest absolute Gasteiger partial charge is 0.236 e. The first-order valence-corrected chi connectivity index (χ1v) is 6.23. The fraction of sp³-hybridized carbons (Fsp3) is 0.909. The zero-order chi connectivity index (χ0) is 11.4. The molecular weight excluding hydrogens is 204 g/mol. The first-order chi connectivity index (χ1) is 7.79. The topological polar surface area (TPSA) is 38.8 Å². The summed E-state index contributed by atoms with van der Waals surface area (Å²) in [6.45, 7) is 10.5. The van der Waals surface area contributed by atoms with Gasteiger partial charge in [0.15, 0.2) is 0 Å². The Morgan fingerprint density at radius 3 is 2.44 bits per heavy atom. The molecule has 0 atom stereocenters. The van der Waals surface area contributed by atoms with Crippen molar-refractivity contribution in [2.45, 2.75) is 6.92 Å². The van der Waals surface area contributed by atoms with E-state index in [9.17, 15) is 4.79 Å². The highest BCUT2D eigenvalue weighted by atomic mass is 16.2. The average molecular weight is 226 g/mol. The standard InChI is InChI=1S/C11H22N4O/c1-2-13-7-8-14(10-13)9-11(16)15-5-3-12-4-6-15/h12H,2-10H2,1H3. The maximum Gasteiger partial charge on any atom is 0.236 e. The second-order valence-corrected chi connectivity index (χ2v) is 4.54. The summed E-state index contributed by atoms with van der Waals surface area (Å²) in [4.78, 5) is 18.6. The van der Waals surface area contributed by atoms with Crippen LogP contribution in [0.3, 0.4) is 0 Å². The van der Waals surface area contributed by atoms with E-state index in [0.717, 1.165) is 52.5 Å². The molecule has 2 aliphatic heterocycles. The number of carbonyl (C=O) groups excluding carboxylic acids is 1. The Morgan fingerprint density at radius 1 is 1.12 bits per heavy atom. The van der Waals surface area contributed by atoms with Gasteiger partial charge >= 0.3 is 0 Å². The molecule has 0 saturated carbocycles. The molecule has 92 valence electrons. The average Bonchev–Trinajstić information content (AvgIpc) is 2.78. The molecule has 2 saturated heterocycles. The van der Waals surface area contributed by atoms with Crippen LogP contribution in [-0.2, 0) is 4.79 Å². The quantitative estimate of drug-likeness (QED) is 0.671. The van der Waals surface area contributed by atoms with Gasteiger partial charge in [0.2, 0.25) is 5.91 Å². The van der Waals surface area contributed by atoms with Crippen molar-refractivity contribution < 1.29 is 4.79 Å². The number of likely N-dealkylation sites (N-methyl/N-ethyl adjacent to an activating group) is 1. The van der Waals surface area contributed by atoms with E-state index in [1.54, 1.807) is 0 Å². The maximum atomic E-state index is 12.0. The highest BCUT2D eigenvalue weighted by molar-refractivity contribution is 5.78. The minimum atomic E-state index is 0.291. The van der Waals surface area contributed by atoms with Crippen molar-refractivity contribution >= 4 is 5.91 Å². The van der Waals surface area contributed by atoms with Gasteiger partial charge in [-0.2, -0.15) is 0 Å². The Balaban J connectivity index is 1.74. The number of amides is 1. The molecule has 1 N–H and O–H groups in total. The van der Waals surface area contributed by atoms with Gasteiger partial charge in [0.05, 0.1) is 13.2 Å². The number of carbonyl (C=O) groups is 1. The van der Waals surface area contributed by atoms with Gasteiger partial charge in [-0.05, 0) is 6.54 Å². The molecule has 0 radical (unpaired) electrons. The molecule has 0 bridgehead atoms. The number of nitrogens with one attached hydrogen (secondary N) is 1. The molecule has 0 unspecified atom stereocenters. The van der Waals surface area contributed by atoms with Crippen LogP contribution in [0.15, 0.2) is 0 Å². The summed E-state index contributed by atoms with van der Waals surface area (Å²) in [5.74, 6) is 0.291. The summed E-state index contributed by atoms with van der Waals surface area (Å²) in [7, 11) is 0. The molecule has 0 aromatic heterocycles. The normalized spacial score (nSPS) is 23.9. The molecular formula is C11H22N4O. The molecule has 16 heavy (non-hydrogen) atoms. The lowest BCUT2D eigenvalue weighted by atomic mass is 10.3. The van der Waals surface area contributed by atoms with Gasteiger partial charge in [-0.15, -0.1) is 0 Å². The lowest BCUT2D eigenvalue weighted by Gasteiger charge is -2.29. The minimum Gasteiger partial charge on any atom is -0.339 e. The predicted octanol–water partition coefficient (Wildman–Crippen LogP) is -0.987. The van der Waals surface area contributed by atoms with E-state index >= 15 is 0 Å². The summed E-state index contributed by atoms with van der Waals surface area (Å²) in [5, 5.41) is 3.26. The Bertz CT molecular complexity index is 240. The van der Waals surface area contributed by atoms with E-state index in [2.05, 4.69) is 22.0 Å². The molecule has 2 rings (SSSR count). The highest BCUT2D eigenvalue weighted by Crippen LogP contribution is 2.05. The monoisotopic (exact) mass is 226 g/mol. The maximum absolute atomic E-state index is 12.0. The van der Waals surface area contributed by atoms with E-state index in [0.29, 0.717) is 12.5 Å². The molecule has 2 fully saturated rings. The third kappa shape index (κ3) is 2.93. The predicted molar refractivity (Wildman–Crippen MR) is 63.1 cm³/mol. The first-order valence-electron chi connectivity index (χ1n) is 6.23. The van der Waals surface area contributed by atoms with Crippen molar-refractivity contribution in [3.05, 3.63) is 0 Å². The molecule has 1 amide bonds. The molecule has 0 aliphatic carbocycles. The Hall–Kier alpha value is -0.650. The summed E-state index contributed by atoms with van der Waals surface area (Å²) < 4.78 is 0. The van der Waals surface area contributed by atoms with Gasteiger partial charge in [-0.3, -0.25) is 14.6 Å². The van der Waals surface area contributed by atoms with Crippen molar-refractivity contribution in [2.24, 2.45) is 0 Å². The van der Waals surface area contributed by atoms with Crippen LogP contribution < -0.4 is 5.32 Å². The summed E-state index contributed by atoms with van der Waals surface area (Å²) in [5.41, 5.74) is 0. The van der Waals surface area contributed by atoms with Crippen molar-refractivity contribution in [1.29, 1.82) is 0 Å². The van der Waals surface area contributed by atoms with Crippen molar-refractivity contribution in [1.82, 2.24) is 20.0 Å². The molecule has 5 nitrogen and oxygen atoms in total. The number of hydrogen-bond acceptors (Lipinski definition) is 4. The molecule has 2 aliphatic rings. The molecule has 0 aromatic carbocycles. The van der Waals surface area contributed by atoms with Gasteiger partial charge in [0.1, 0.15) is 0 Å². The van der Waals surface area contributed by atoms with Gasteiger partial charge in [-0.25, -0.2) is 0 Å². The second-order valence-electron chi connectivity index (χ2n) is 4.54. The second kappa shape index (κ2) is 5.61. The molecule has 2 heterocycles. The van der Waals surface area contributed by atoms with E-state index in [4.69, 9.17) is 0 Å². The Morgan fingerprint density at radius 2 is 1.81 bits per heavy atom. The van der Waals surface area contributed by atoms with E-state index < -0.39 is 0 Å². The van der Waals surface area contributed by atoms with Gasteiger partial charge in [0, 0.05) is 39.3 Å². The van der Waals surface area contributed by atoms with Crippen LogP contribution in [0.2, 0.25) is 0 Å². The number of nitrogens with zero attached hydrogens (tertiary/aromatic N) is 3. The fourth-order valence-corrected chi connectivity index (χ4v) is 2.30. The Kier molecular flexibility index (Phi) is 4.15. The van der Waals surface area contributed by atoms with Crippen molar-refractivity contribution in [3.63, 3.8) is 0 Å². The minimum absolute atomic E-state index is 0.291. The van der Waals surface area contributed by atoms with Crippen LogP contribution in [-0.4, -0.2) is 79.6 Å². The molecule has 5 heteroatoms. The largest absolute Gasteiger partial charge is 0.339 e. The lowest BCUT2D eigenvalue weighted by Crippen LogP contribution is -2.49. The zero-order valence-corrected chi connectivity index (χ0v) is 10.1. The summed E-state index contributed by atoms with van der Waals surface area (Å²) in [6.07, 6.45) is 0. The third-order valence-electron chi connectivity index (χ3n) is 3.41. The first kappa shape index (κ1) is 11.8. The lowest BCUT2D eigenvalue weighted by molar-refractivity contribution is -0.132. The van der Waals surface area contributed by atoms with Crippen LogP contribution in [0.5, 0.6) is 0 Å².